The van der Waals surface area contributed by atoms with Gasteiger partial charge in [0.15, 0.2) is 17.5 Å². The van der Waals surface area contributed by atoms with Crippen molar-refractivity contribution in [3.8, 4) is 56.4 Å². The topological polar surface area (TPSA) is 38.7 Å². The molecule has 0 radical (unpaired) electrons. The Labute approximate surface area is 301 Å². The van der Waals surface area contributed by atoms with Crippen LogP contribution in [0.1, 0.15) is 0 Å². The van der Waals surface area contributed by atoms with Gasteiger partial charge in [-0.25, -0.2) is 15.0 Å². The van der Waals surface area contributed by atoms with E-state index in [1.165, 1.54) is 48.7 Å². The molecule has 1 heterocycles. The molecule has 10 rings (SSSR count). The van der Waals surface area contributed by atoms with Crippen molar-refractivity contribution in [1.29, 1.82) is 0 Å². The molecule has 3 nitrogen and oxygen atoms in total. The molecule has 0 saturated heterocycles. The normalized spacial score (nSPS) is 11.5. The Balaban J connectivity index is 1.27. The number of hydrogen-bond donors (Lipinski definition) is 0. The quantitative estimate of drug-likeness (QED) is 0.172. The van der Waals surface area contributed by atoms with Gasteiger partial charge in [0.1, 0.15) is 0 Å². The molecular formula is C49H31N3. The molecule has 0 saturated carbocycles. The standard InChI is InChI=1S/C49H31N3/c1-4-13-32(14-5-1)38-29-39(31-40(30-38)49-51-47(36-16-6-2-7-17-36)50-48(52-49)37-18-8-3-9-19-37)42-22-12-20-34-23-24-35-26-27-43-41-21-11-10-15-33(41)25-28-44(43)46(35)45(34)42/h1-31H. The molecule has 0 aliphatic rings. The molecule has 242 valence electrons. The van der Waals surface area contributed by atoms with Crippen LogP contribution in [0.5, 0.6) is 0 Å². The van der Waals surface area contributed by atoms with Gasteiger partial charge < -0.3 is 0 Å². The van der Waals surface area contributed by atoms with Crippen LogP contribution in [0, 0.1) is 0 Å². The van der Waals surface area contributed by atoms with Gasteiger partial charge in [0, 0.05) is 16.7 Å². The second-order valence-corrected chi connectivity index (χ2v) is 13.2. The van der Waals surface area contributed by atoms with Crippen LogP contribution >= 0.6 is 0 Å². The maximum atomic E-state index is 5.13. The summed E-state index contributed by atoms with van der Waals surface area (Å²) in [4.78, 5) is 15.2. The van der Waals surface area contributed by atoms with Gasteiger partial charge in [-0.1, -0.05) is 170 Å². The zero-order valence-corrected chi connectivity index (χ0v) is 28.2. The van der Waals surface area contributed by atoms with Crippen LogP contribution in [-0.4, -0.2) is 15.0 Å². The SMILES string of the molecule is c1ccc(-c2cc(-c3nc(-c4ccccc4)nc(-c4ccccc4)n3)cc(-c3cccc4ccc5ccc6c7ccccc7ccc6c5c34)c2)cc1. The van der Waals surface area contributed by atoms with Crippen LogP contribution in [0.4, 0.5) is 0 Å². The average Bonchev–Trinajstić information content (AvgIpc) is 3.23. The predicted molar refractivity (Wildman–Crippen MR) is 217 cm³/mol. The van der Waals surface area contributed by atoms with Crippen LogP contribution in [0.3, 0.4) is 0 Å². The highest BCUT2D eigenvalue weighted by atomic mass is 15.0. The second-order valence-electron chi connectivity index (χ2n) is 13.2. The van der Waals surface area contributed by atoms with E-state index < -0.39 is 0 Å². The molecule has 0 spiro atoms. The fourth-order valence-electron chi connectivity index (χ4n) is 7.58. The van der Waals surface area contributed by atoms with Crippen molar-refractivity contribution >= 4 is 43.1 Å². The van der Waals surface area contributed by atoms with Crippen LogP contribution in [0.25, 0.3) is 99.5 Å². The predicted octanol–water partition coefficient (Wildman–Crippen LogP) is 12.8. The van der Waals surface area contributed by atoms with Crippen LogP contribution in [-0.2, 0) is 0 Å². The fourth-order valence-corrected chi connectivity index (χ4v) is 7.58. The molecule has 0 bridgehead atoms. The lowest BCUT2D eigenvalue weighted by molar-refractivity contribution is 1.07. The first-order valence-electron chi connectivity index (χ1n) is 17.6. The van der Waals surface area contributed by atoms with E-state index >= 15 is 0 Å². The van der Waals surface area contributed by atoms with Crippen molar-refractivity contribution in [2.45, 2.75) is 0 Å². The molecule has 10 aromatic rings. The van der Waals surface area contributed by atoms with Crippen molar-refractivity contribution in [1.82, 2.24) is 15.0 Å². The highest BCUT2D eigenvalue weighted by Crippen LogP contribution is 2.42. The van der Waals surface area contributed by atoms with Crippen molar-refractivity contribution < 1.29 is 0 Å². The van der Waals surface area contributed by atoms with Crippen LogP contribution in [0.15, 0.2) is 188 Å². The molecule has 9 aromatic carbocycles. The third-order valence-electron chi connectivity index (χ3n) is 10.1. The summed E-state index contributed by atoms with van der Waals surface area (Å²) >= 11 is 0. The lowest BCUT2D eigenvalue weighted by Crippen LogP contribution is -2.00. The Morgan fingerprint density at radius 2 is 0.731 bits per heavy atom. The van der Waals surface area contributed by atoms with E-state index in [2.05, 4.69) is 152 Å². The third kappa shape index (κ3) is 5.19. The maximum Gasteiger partial charge on any atom is 0.164 e. The number of nitrogens with zero attached hydrogens (tertiary/aromatic N) is 3. The summed E-state index contributed by atoms with van der Waals surface area (Å²) in [5.41, 5.74) is 7.34. The number of aromatic nitrogens is 3. The van der Waals surface area contributed by atoms with E-state index in [1.807, 2.05) is 36.4 Å². The van der Waals surface area contributed by atoms with Gasteiger partial charge in [0.25, 0.3) is 0 Å². The van der Waals surface area contributed by atoms with Gasteiger partial charge in [-0.15, -0.1) is 0 Å². The second kappa shape index (κ2) is 12.4. The zero-order valence-electron chi connectivity index (χ0n) is 28.2. The first-order chi connectivity index (χ1) is 25.8. The summed E-state index contributed by atoms with van der Waals surface area (Å²) in [6.45, 7) is 0. The first kappa shape index (κ1) is 29.9. The molecule has 0 N–H and O–H groups in total. The fraction of sp³-hybridized carbons (Fsp3) is 0. The molecule has 3 heteroatoms. The minimum Gasteiger partial charge on any atom is -0.208 e. The van der Waals surface area contributed by atoms with E-state index in [0.29, 0.717) is 17.5 Å². The smallest absolute Gasteiger partial charge is 0.164 e. The number of fused-ring (bicyclic) bond motifs is 7. The monoisotopic (exact) mass is 661 g/mol. The van der Waals surface area contributed by atoms with E-state index in [0.717, 1.165) is 33.4 Å². The van der Waals surface area contributed by atoms with Crippen LogP contribution < -0.4 is 0 Å². The largest absolute Gasteiger partial charge is 0.208 e. The summed E-state index contributed by atoms with van der Waals surface area (Å²) in [6.07, 6.45) is 0. The Morgan fingerprint density at radius 3 is 1.42 bits per heavy atom. The summed E-state index contributed by atoms with van der Waals surface area (Å²) in [6, 6.07) is 66.6. The highest BCUT2D eigenvalue weighted by molar-refractivity contribution is 6.27. The summed E-state index contributed by atoms with van der Waals surface area (Å²) < 4.78 is 0. The first-order valence-corrected chi connectivity index (χ1v) is 17.6. The molecule has 0 amide bonds. The summed E-state index contributed by atoms with van der Waals surface area (Å²) in [5, 5.41) is 9.96. The Morgan fingerprint density at radius 1 is 0.250 bits per heavy atom. The number of benzene rings is 9. The molecule has 0 fully saturated rings. The van der Waals surface area contributed by atoms with Crippen LogP contribution in [0.2, 0.25) is 0 Å². The van der Waals surface area contributed by atoms with Crippen molar-refractivity contribution in [2.24, 2.45) is 0 Å². The van der Waals surface area contributed by atoms with Gasteiger partial charge >= 0.3 is 0 Å². The number of hydrogen-bond acceptors (Lipinski definition) is 3. The van der Waals surface area contributed by atoms with Gasteiger partial charge in [-0.2, -0.15) is 0 Å². The lowest BCUT2D eigenvalue weighted by Gasteiger charge is -2.16. The van der Waals surface area contributed by atoms with E-state index in [4.69, 9.17) is 15.0 Å². The molecule has 0 atom stereocenters. The summed E-state index contributed by atoms with van der Waals surface area (Å²) in [7, 11) is 0. The minimum atomic E-state index is 0.633. The average molecular weight is 662 g/mol. The highest BCUT2D eigenvalue weighted by Gasteiger charge is 2.17. The van der Waals surface area contributed by atoms with Gasteiger partial charge in [-0.05, 0) is 83.5 Å². The maximum absolute atomic E-state index is 5.13. The van der Waals surface area contributed by atoms with Gasteiger partial charge in [0.05, 0.1) is 0 Å². The van der Waals surface area contributed by atoms with E-state index in [-0.39, 0.29) is 0 Å². The molecule has 0 unspecified atom stereocenters. The Kier molecular flexibility index (Phi) is 7.14. The van der Waals surface area contributed by atoms with Gasteiger partial charge in [-0.3, -0.25) is 0 Å². The van der Waals surface area contributed by atoms with Crippen molar-refractivity contribution in [3.63, 3.8) is 0 Å². The molecular weight excluding hydrogens is 631 g/mol. The molecule has 1 aromatic heterocycles. The Hall–Kier alpha value is -6.97. The molecule has 0 aliphatic carbocycles. The summed E-state index contributed by atoms with van der Waals surface area (Å²) in [5.74, 6) is 1.92. The van der Waals surface area contributed by atoms with Crippen molar-refractivity contribution in [3.05, 3.63) is 188 Å². The zero-order chi connectivity index (χ0) is 34.4. The number of rotatable bonds is 5. The molecule has 52 heavy (non-hydrogen) atoms. The molecule has 0 aliphatic heterocycles. The Bertz CT molecular complexity index is 2880. The van der Waals surface area contributed by atoms with Gasteiger partial charge in [0.2, 0.25) is 0 Å². The minimum absolute atomic E-state index is 0.633. The van der Waals surface area contributed by atoms with E-state index in [9.17, 15) is 0 Å². The van der Waals surface area contributed by atoms with E-state index in [1.54, 1.807) is 0 Å². The lowest BCUT2D eigenvalue weighted by atomic mass is 9.88. The van der Waals surface area contributed by atoms with Crippen molar-refractivity contribution in [2.75, 3.05) is 0 Å². The third-order valence-corrected chi connectivity index (χ3v) is 10.1.